The Morgan fingerprint density at radius 1 is 0.968 bits per heavy atom. The van der Waals surface area contributed by atoms with Crippen LogP contribution in [0, 0.1) is 20.8 Å². The molecular weight excluding hydrogens is 386 g/mol. The second-order valence-corrected chi connectivity index (χ2v) is 8.34. The molecule has 156 valence electrons. The summed E-state index contributed by atoms with van der Waals surface area (Å²) >= 11 is 0. The Balaban J connectivity index is 1.58. The molecule has 4 nitrogen and oxygen atoms in total. The SMILES string of the molecule is Cc1ccc(N2COc3ccc4c(C)c(Cc5ccccc5)c(=O)oc4c3C2)c(C)c1. The molecule has 4 aromatic rings. The van der Waals surface area contributed by atoms with Crippen LogP contribution >= 0.6 is 0 Å². The van der Waals surface area contributed by atoms with E-state index in [1.165, 1.54) is 11.1 Å². The van der Waals surface area contributed by atoms with Gasteiger partial charge in [-0.05, 0) is 55.7 Å². The van der Waals surface area contributed by atoms with Gasteiger partial charge in [-0.3, -0.25) is 0 Å². The lowest BCUT2D eigenvalue weighted by Crippen LogP contribution is -2.32. The third kappa shape index (κ3) is 3.48. The van der Waals surface area contributed by atoms with Crippen LogP contribution in [0.25, 0.3) is 11.0 Å². The maximum atomic E-state index is 13.0. The molecule has 0 bridgehead atoms. The van der Waals surface area contributed by atoms with Crippen LogP contribution in [0.3, 0.4) is 0 Å². The summed E-state index contributed by atoms with van der Waals surface area (Å²) < 4.78 is 12.0. The topological polar surface area (TPSA) is 42.7 Å². The van der Waals surface area contributed by atoms with Crippen LogP contribution in [-0.4, -0.2) is 6.73 Å². The van der Waals surface area contributed by atoms with Crippen molar-refractivity contribution in [3.63, 3.8) is 0 Å². The summed E-state index contributed by atoms with van der Waals surface area (Å²) in [4.78, 5) is 15.2. The fraction of sp³-hybridized carbons (Fsp3) is 0.222. The third-order valence-electron chi connectivity index (χ3n) is 6.16. The van der Waals surface area contributed by atoms with Gasteiger partial charge in [-0.15, -0.1) is 0 Å². The molecule has 0 saturated carbocycles. The van der Waals surface area contributed by atoms with E-state index in [4.69, 9.17) is 9.15 Å². The predicted molar refractivity (Wildman–Crippen MR) is 124 cm³/mol. The smallest absolute Gasteiger partial charge is 0.340 e. The van der Waals surface area contributed by atoms with Crippen molar-refractivity contribution < 1.29 is 9.15 Å². The molecule has 4 heteroatoms. The molecule has 0 spiro atoms. The normalized spacial score (nSPS) is 13.2. The highest BCUT2D eigenvalue weighted by molar-refractivity contribution is 5.86. The molecular formula is C27H25NO3. The molecule has 0 atom stereocenters. The van der Waals surface area contributed by atoms with E-state index in [9.17, 15) is 4.79 Å². The van der Waals surface area contributed by atoms with Crippen LogP contribution in [0.2, 0.25) is 0 Å². The number of anilines is 1. The number of benzene rings is 3. The molecule has 0 radical (unpaired) electrons. The second-order valence-electron chi connectivity index (χ2n) is 8.34. The monoisotopic (exact) mass is 411 g/mol. The number of aryl methyl sites for hydroxylation is 3. The summed E-state index contributed by atoms with van der Waals surface area (Å²) in [7, 11) is 0. The van der Waals surface area contributed by atoms with E-state index in [0.29, 0.717) is 30.8 Å². The number of rotatable bonds is 3. The lowest BCUT2D eigenvalue weighted by Gasteiger charge is -2.32. The molecule has 1 aromatic heterocycles. The summed E-state index contributed by atoms with van der Waals surface area (Å²) in [5.74, 6) is 0.784. The van der Waals surface area contributed by atoms with Crippen molar-refractivity contribution >= 4 is 16.7 Å². The lowest BCUT2D eigenvalue weighted by atomic mass is 9.97. The van der Waals surface area contributed by atoms with Gasteiger partial charge in [-0.1, -0.05) is 48.0 Å². The molecule has 3 aromatic carbocycles. The Morgan fingerprint density at radius 3 is 2.55 bits per heavy atom. The number of fused-ring (bicyclic) bond motifs is 3. The van der Waals surface area contributed by atoms with Crippen LogP contribution in [0.1, 0.15) is 33.4 Å². The van der Waals surface area contributed by atoms with Gasteiger partial charge in [0, 0.05) is 23.1 Å². The summed E-state index contributed by atoms with van der Waals surface area (Å²) in [5.41, 5.74) is 7.63. The van der Waals surface area contributed by atoms with E-state index in [0.717, 1.165) is 33.5 Å². The average Bonchev–Trinajstić information content (AvgIpc) is 2.77. The second kappa shape index (κ2) is 7.62. The zero-order chi connectivity index (χ0) is 21.5. The van der Waals surface area contributed by atoms with Crippen molar-refractivity contribution in [1.82, 2.24) is 0 Å². The highest BCUT2D eigenvalue weighted by atomic mass is 16.5. The Kier molecular flexibility index (Phi) is 4.78. The number of nitrogens with zero attached hydrogens (tertiary/aromatic N) is 1. The minimum absolute atomic E-state index is 0.272. The molecule has 0 N–H and O–H groups in total. The van der Waals surface area contributed by atoms with Crippen LogP contribution in [-0.2, 0) is 13.0 Å². The fourth-order valence-corrected chi connectivity index (χ4v) is 4.48. The molecule has 31 heavy (non-hydrogen) atoms. The molecule has 5 rings (SSSR count). The van der Waals surface area contributed by atoms with Gasteiger partial charge in [0.25, 0.3) is 0 Å². The summed E-state index contributed by atoms with van der Waals surface area (Å²) in [6.45, 7) is 7.32. The van der Waals surface area contributed by atoms with E-state index < -0.39 is 0 Å². The number of ether oxygens (including phenoxy) is 1. The first-order valence-electron chi connectivity index (χ1n) is 10.6. The highest BCUT2D eigenvalue weighted by Gasteiger charge is 2.24. The van der Waals surface area contributed by atoms with Crippen molar-refractivity contribution in [2.75, 3.05) is 11.6 Å². The van der Waals surface area contributed by atoms with Gasteiger partial charge in [-0.2, -0.15) is 0 Å². The molecule has 0 unspecified atom stereocenters. The quantitative estimate of drug-likeness (QED) is 0.408. The van der Waals surface area contributed by atoms with E-state index in [2.05, 4.69) is 36.9 Å². The van der Waals surface area contributed by atoms with Gasteiger partial charge in [0.1, 0.15) is 11.3 Å². The van der Waals surface area contributed by atoms with Gasteiger partial charge in [0.15, 0.2) is 6.73 Å². The first kappa shape index (κ1) is 19.4. The average molecular weight is 412 g/mol. The minimum atomic E-state index is -0.272. The van der Waals surface area contributed by atoms with Gasteiger partial charge >= 0.3 is 5.63 Å². The predicted octanol–water partition coefficient (Wildman–Crippen LogP) is 5.67. The highest BCUT2D eigenvalue weighted by Crippen LogP contribution is 2.36. The Bertz CT molecular complexity index is 1340. The summed E-state index contributed by atoms with van der Waals surface area (Å²) in [5, 5.41) is 0.968. The van der Waals surface area contributed by atoms with E-state index >= 15 is 0 Å². The number of hydrogen-bond acceptors (Lipinski definition) is 4. The van der Waals surface area contributed by atoms with E-state index in [1.54, 1.807) is 0 Å². The van der Waals surface area contributed by atoms with Crippen molar-refractivity contribution in [2.45, 2.75) is 33.7 Å². The van der Waals surface area contributed by atoms with Crippen molar-refractivity contribution in [3.05, 3.63) is 104 Å². The van der Waals surface area contributed by atoms with Crippen molar-refractivity contribution in [1.29, 1.82) is 0 Å². The minimum Gasteiger partial charge on any atom is -0.473 e. The molecule has 2 heterocycles. The Hall–Kier alpha value is -3.53. The van der Waals surface area contributed by atoms with E-state index in [1.807, 2.05) is 49.4 Å². The number of hydrogen-bond donors (Lipinski definition) is 0. The largest absolute Gasteiger partial charge is 0.473 e. The lowest BCUT2D eigenvalue weighted by molar-refractivity contribution is 0.289. The molecule has 1 aliphatic rings. The maximum Gasteiger partial charge on any atom is 0.340 e. The molecule has 0 saturated heterocycles. The van der Waals surface area contributed by atoms with Crippen LogP contribution in [0.5, 0.6) is 5.75 Å². The third-order valence-corrected chi connectivity index (χ3v) is 6.16. The first-order chi connectivity index (χ1) is 15.0. The van der Waals surface area contributed by atoms with Crippen molar-refractivity contribution in [2.24, 2.45) is 0 Å². The molecule has 0 fully saturated rings. The summed E-state index contributed by atoms with van der Waals surface area (Å²) in [6.07, 6.45) is 0.563. The van der Waals surface area contributed by atoms with Gasteiger partial charge in [0.2, 0.25) is 0 Å². The molecule has 0 aliphatic carbocycles. The Labute approximate surface area is 181 Å². The summed E-state index contributed by atoms with van der Waals surface area (Å²) in [6, 6.07) is 20.4. The van der Waals surface area contributed by atoms with Crippen molar-refractivity contribution in [3.8, 4) is 5.75 Å². The van der Waals surface area contributed by atoms with E-state index in [-0.39, 0.29) is 5.63 Å². The molecule has 1 aliphatic heterocycles. The van der Waals surface area contributed by atoms with Crippen LogP contribution in [0.15, 0.2) is 69.9 Å². The van der Waals surface area contributed by atoms with Gasteiger partial charge in [-0.25, -0.2) is 4.79 Å². The van der Waals surface area contributed by atoms with Crippen LogP contribution in [0.4, 0.5) is 5.69 Å². The Morgan fingerprint density at radius 2 is 1.77 bits per heavy atom. The van der Waals surface area contributed by atoms with Gasteiger partial charge < -0.3 is 14.1 Å². The fourth-order valence-electron chi connectivity index (χ4n) is 4.48. The zero-order valence-electron chi connectivity index (χ0n) is 18.1. The zero-order valence-corrected chi connectivity index (χ0v) is 18.1. The maximum absolute atomic E-state index is 13.0. The van der Waals surface area contributed by atoms with Crippen LogP contribution < -0.4 is 15.3 Å². The van der Waals surface area contributed by atoms with Gasteiger partial charge in [0.05, 0.1) is 12.1 Å². The first-order valence-corrected chi connectivity index (χ1v) is 10.6. The standard InChI is InChI=1S/C27H25NO3/c1-17-9-11-24(18(2)13-17)28-15-23-25(30-16-28)12-10-21-19(3)22(27(29)31-26(21)23)14-20-7-5-4-6-8-20/h4-13H,14-16H2,1-3H3. The molecule has 0 amide bonds.